The Morgan fingerprint density at radius 2 is 2.14 bits per heavy atom. The minimum absolute atomic E-state index is 0.00437. The molecule has 1 aliphatic heterocycles. The second kappa shape index (κ2) is 8.64. The van der Waals surface area contributed by atoms with Gasteiger partial charge in [-0.3, -0.25) is 9.11 Å². The van der Waals surface area contributed by atoms with Crippen LogP contribution < -0.4 is 5.32 Å². The molecule has 2 atom stereocenters. The van der Waals surface area contributed by atoms with Crippen LogP contribution in [0, 0.1) is 0 Å². The van der Waals surface area contributed by atoms with Gasteiger partial charge in [-0.15, -0.1) is 0 Å². The van der Waals surface area contributed by atoms with Crippen LogP contribution in [0.3, 0.4) is 0 Å². The molecule has 1 saturated heterocycles. The van der Waals surface area contributed by atoms with Gasteiger partial charge in [0.15, 0.2) is 0 Å². The van der Waals surface area contributed by atoms with Crippen LogP contribution in [0.25, 0.3) is 0 Å². The molecule has 0 bridgehead atoms. The Kier molecular flexibility index (Phi) is 6.85. The van der Waals surface area contributed by atoms with Crippen LogP contribution in [-0.2, 0) is 10.8 Å². The molecule has 0 spiro atoms. The van der Waals surface area contributed by atoms with Gasteiger partial charge in [0.25, 0.3) is 0 Å². The number of carbonyl (C=O) groups is 1. The molecule has 2 amide bonds. The van der Waals surface area contributed by atoms with E-state index in [0.29, 0.717) is 18.3 Å². The first-order valence-electron chi connectivity index (χ1n) is 7.67. The van der Waals surface area contributed by atoms with Crippen molar-refractivity contribution >= 4 is 28.2 Å². The summed E-state index contributed by atoms with van der Waals surface area (Å²) in [6.07, 6.45) is 2.46. The fourth-order valence-corrected chi connectivity index (χ4v) is 3.92. The third kappa shape index (κ3) is 5.07. The fraction of sp³-hybridized carbons (Fsp3) is 0.667. The molecule has 1 aromatic heterocycles. The number of nitrogens with one attached hydrogen (secondary N) is 1. The van der Waals surface area contributed by atoms with Gasteiger partial charge in [0.05, 0.1) is 0 Å². The lowest BCUT2D eigenvalue weighted by Gasteiger charge is -2.37. The lowest BCUT2D eigenvalue weighted by atomic mass is 10.1. The Labute approximate surface area is 139 Å². The maximum Gasteiger partial charge on any atom is 0.317 e. The number of nitrogens with zero attached hydrogens (tertiary/aromatic N) is 2. The maximum atomic E-state index is 12.1. The number of carbonyl (C=O) groups excluding carboxylic acids is 1. The highest BCUT2D eigenvalue weighted by Gasteiger charge is 2.24. The van der Waals surface area contributed by atoms with E-state index in [1.807, 2.05) is 4.90 Å². The predicted octanol–water partition coefficient (Wildman–Crippen LogP) is 1.90. The maximum absolute atomic E-state index is 12.1. The van der Waals surface area contributed by atoms with Crippen molar-refractivity contribution in [3.8, 4) is 0 Å². The Hall–Kier alpha value is -0.920. The summed E-state index contributed by atoms with van der Waals surface area (Å²) in [5.74, 6) is 0.645. The molecule has 5 nitrogen and oxygen atoms in total. The van der Waals surface area contributed by atoms with Gasteiger partial charge in [0.1, 0.15) is 0 Å². The topological polar surface area (TPSA) is 52.6 Å². The highest BCUT2D eigenvalue weighted by Crippen LogP contribution is 2.23. The number of rotatable bonds is 6. The normalized spacial score (nSPS) is 18.9. The second-order valence-electron chi connectivity index (χ2n) is 5.62. The van der Waals surface area contributed by atoms with E-state index in [1.165, 1.54) is 5.56 Å². The van der Waals surface area contributed by atoms with Crippen LogP contribution in [0.15, 0.2) is 16.8 Å². The summed E-state index contributed by atoms with van der Waals surface area (Å²) in [7, 11) is -0.781. The number of urea groups is 1. The average molecular weight is 344 g/mol. The standard InChI is InChI=1S/C15H25N3O2S2/c1-13(14-4-10-21-12-14)17-6-8-18(9-7-17)15(19)16-5-3-11-22(2)20/h4,10,12-13H,3,5-9,11H2,1-2H3,(H,16,19). The molecule has 0 aliphatic carbocycles. The van der Waals surface area contributed by atoms with Gasteiger partial charge in [0, 0.05) is 61.6 Å². The summed E-state index contributed by atoms with van der Waals surface area (Å²) in [6.45, 7) is 6.17. The lowest BCUT2D eigenvalue weighted by molar-refractivity contribution is 0.114. The number of amides is 2. The minimum atomic E-state index is -0.781. The zero-order valence-corrected chi connectivity index (χ0v) is 14.9. The van der Waals surface area contributed by atoms with E-state index >= 15 is 0 Å². The van der Waals surface area contributed by atoms with Crippen molar-refractivity contribution in [3.63, 3.8) is 0 Å². The first-order chi connectivity index (χ1) is 10.6. The number of hydrogen-bond donors (Lipinski definition) is 1. The quantitative estimate of drug-likeness (QED) is 0.803. The van der Waals surface area contributed by atoms with Crippen LogP contribution in [0.2, 0.25) is 0 Å². The minimum Gasteiger partial charge on any atom is -0.338 e. The molecular formula is C15H25N3O2S2. The summed E-state index contributed by atoms with van der Waals surface area (Å²) in [4.78, 5) is 16.4. The van der Waals surface area contributed by atoms with Crippen LogP contribution in [-0.4, -0.2) is 64.8 Å². The number of thiophene rings is 1. The zero-order chi connectivity index (χ0) is 15.9. The van der Waals surface area contributed by atoms with Crippen LogP contribution >= 0.6 is 11.3 Å². The van der Waals surface area contributed by atoms with Crippen molar-refractivity contribution < 1.29 is 9.00 Å². The molecular weight excluding hydrogens is 318 g/mol. The van der Waals surface area contributed by atoms with Gasteiger partial charge < -0.3 is 10.2 Å². The molecule has 0 saturated carbocycles. The van der Waals surface area contributed by atoms with Gasteiger partial charge in [-0.25, -0.2) is 4.79 Å². The van der Waals surface area contributed by atoms with Gasteiger partial charge in [0.2, 0.25) is 0 Å². The lowest BCUT2D eigenvalue weighted by Crippen LogP contribution is -2.52. The Morgan fingerprint density at radius 1 is 1.41 bits per heavy atom. The number of hydrogen-bond acceptors (Lipinski definition) is 4. The summed E-state index contributed by atoms with van der Waals surface area (Å²) < 4.78 is 11.0. The highest BCUT2D eigenvalue weighted by molar-refractivity contribution is 7.84. The Balaban J connectivity index is 1.70. The summed E-state index contributed by atoms with van der Waals surface area (Å²) in [5, 5.41) is 7.22. The van der Waals surface area contributed by atoms with Gasteiger partial charge >= 0.3 is 6.03 Å². The van der Waals surface area contributed by atoms with Crippen LogP contribution in [0.5, 0.6) is 0 Å². The van der Waals surface area contributed by atoms with Crippen molar-refractivity contribution in [3.05, 3.63) is 22.4 Å². The molecule has 2 rings (SSSR count). The van der Waals surface area contributed by atoms with E-state index < -0.39 is 10.8 Å². The Morgan fingerprint density at radius 3 is 2.73 bits per heavy atom. The zero-order valence-electron chi connectivity index (χ0n) is 13.3. The van der Waals surface area contributed by atoms with Crippen LogP contribution in [0.4, 0.5) is 4.79 Å². The van der Waals surface area contributed by atoms with E-state index in [0.717, 1.165) is 32.6 Å². The SMILES string of the molecule is CC(c1ccsc1)N1CCN(C(=O)NCCCS(C)=O)CC1. The third-order valence-corrected chi connectivity index (χ3v) is 5.62. The van der Waals surface area contributed by atoms with E-state index in [9.17, 15) is 9.00 Å². The first kappa shape index (κ1) is 17.4. The molecule has 1 aliphatic rings. The van der Waals surface area contributed by atoms with Crippen molar-refractivity contribution in [2.45, 2.75) is 19.4 Å². The molecule has 2 heterocycles. The molecule has 1 fully saturated rings. The van der Waals surface area contributed by atoms with Gasteiger partial charge in [-0.05, 0) is 35.7 Å². The first-order valence-corrected chi connectivity index (χ1v) is 10.3. The molecule has 22 heavy (non-hydrogen) atoms. The molecule has 2 unspecified atom stereocenters. The molecule has 0 aromatic carbocycles. The molecule has 0 radical (unpaired) electrons. The van der Waals surface area contributed by atoms with Crippen molar-refractivity contribution in [1.82, 2.24) is 15.1 Å². The highest BCUT2D eigenvalue weighted by atomic mass is 32.2. The van der Waals surface area contributed by atoms with E-state index in [2.05, 4.69) is 34.0 Å². The van der Waals surface area contributed by atoms with Gasteiger partial charge in [-0.2, -0.15) is 11.3 Å². The molecule has 1 aromatic rings. The number of piperazine rings is 1. The average Bonchev–Trinajstić information content (AvgIpc) is 3.05. The van der Waals surface area contributed by atoms with Crippen molar-refractivity contribution in [2.75, 3.05) is 44.7 Å². The molecule has 1 N–H and O–H groups in total. The monoisotopic (exact) mass is 343 g/mol. The van der Waals surface area contributed by atoms with E-state index in [4.69, 9.17) is 0 Å². The van der Waals surface area contributed by atoms with Crippen LogP contribution in [0.1, 0.15) is 24.9 Å². The fourth-order valence-electron chi connectivity index (χ4n) is 2.62. The van der Waals surface area contributed by atoms with Crippen molar-refractivity contribution in [2.24, 2.45) is 0 Å². The summed E-state index contributed by atoms with van der Waals surface area (Å²) >= 11 is 1.73. The van der Waals surface area contributed by atoms with E-state index in [-0.39, 0.29) is 6.03 Å². The third-order valence-electron chi connectivity index (χ3n) is 4.06. The Bertz CT molecular complexity index is 485. The van der Waals surface area contributed by atoms with Crippen molar-refractivity contribution in [1.29, 1.82) is 0 Å². The molecule has 124 valence electrons. The largest absolute Gasteiger partial charge is 0.338 e. The van der Waals surface area contributed by atoms with E-state index in [1.54, 1.807) is 17.6 Å². The molecule has 7 heteroatoms. The summed E-state index contributed by atoms with van der Waals surface area (Å²) in [5.41, 5.74) is 1.36. The van der Waals surface area contributed by atoms with Gasteiger partial charge in [-0.1, -0.05) is 0 Å². The summed E-state index contributed by atoms with van der Waals surface area (Å²) in [6, 6.07) is 2.59. The second-order valence-corrected chi connectivity index (χ2v) is 7.95. The predicted molar refractivity (Wildman–Crippen MR) is 92.8 cm³/mol. The smallest absolute Gasteiger partial charge is 0.317 e.